The molecule has 1 amide bonds. The van der Waals surface area contributed by atoms with Gasteiger partial charge in [-0.15, -0.1) is 0 Å². The highest BCUT2D eigenvalue weighted by Crippen LogP contribution is 2.54. The lowest BCUT2D eigenvalue weighted by Crippen LogP contribution is -2.64. The molecule has 1 N–H and O–H groups in total. The number of alkyl halides is 9. The SMILES string of the molecule is O=C(Nc1cccnc1)C(F)(F)C(F)(F)C(F)(F)C(F)(F)Cl. The molecule has 0 aromatic carbocycles. The number of nitrogens with one attached hydrogen (secondary N) is 1. The van der Waals surface area contributed by atoms with Gasteiger partial charge in [0.05, 0.1) is 11.9 Å². The molecule has 0 aliphatic carbocycles. The average molecular weight is 357 g/mol. The van der Waals surface area contributed by atoms with Crippen molar-refractivity contribution in [2.75, 3.05) is 5.32 Å². The quantitative estimate of drug-likeness (QED) is 0.645. The predicted octanol–water partition coefficient (Wildman–Crippen LogP) is 3.76. The van der Waals surface area contributed by atoms with E-state index in [9.17, 15) is 39.9 Å². The number of pyridine rings is 1. The molecule has 1 heterocycles. The maximum atomic E-state index is 13.3. The summed E-state index contributed by atoms with van der Waals surface area (Å²) in [5.41, 5.74) is -0.538. The zero-order chi connectivity index (χ0) is 17.4. The van der Waals surface area contributed by atoms with E-state index in [1.54, 1.807) is 0 Å². The third-order valence-electron chi connectivity index (χ3n) is 2.35. The van der Waals surface area contributed by atoms with Gasteiger partial charge in [0.15, 0.2) is 0 Å². The normalized spacial score (nSPS) is 13.9. The van der Waals surface area contributed by atoms with Crippen molar-refractivity contribution < 1.29 is 39.9 Å². The summed E-state index contributed by atoms with van der Waals surface area (Å²) >= 11 is 3.74. The Hall–Kier alpha value is -1.65. The minimum atomic E-state index is -6.75. The number of halogens is 9. The molecule has 0 fully saturated rings. The van der Waals surface area contributed by atoms with Crippen molar-refractivity contribution >= 4 is 23.2 Å². The van der Waals surface area contributed by atoms with Crippen molar-refractivity contribution in [3.8, 4) is 0 Å². The lowest BCUT2D eigenvalue weighted by Gasteiger charge is -2.33. The van der Waals surface area contributed by atoms with Crippen LogP contribution in [0.1, 0.15) is 0 Å². The Bertz CT molecular complexity index is 546. The molecular weight excluding hydrogens is 352 g/mol. The first kappa shape index (κ1) is 18.4. The smallest absolute Gasteiger partial charge is 0.319 e. The molecule has 12 heteroatoms. The lowest BCUT2D eigenvalue weighted by atomic mass is 10.0. The zero-order valence-electron chi connectivity index (χ0n) is 10.1. The Kier molecular flexibility index (Phi) is 4.62. The highest BCUT2D eigenvalue weighted by Gasteiger charge is 2.82. The van der Waals surface area contributed by atoms with Crippen LogP contribution in [0.3, 0.4) is 0 Å². The van der Waals surface area contributed by atoms with E-state index in [4.69, 9.17) is 0 Å². The fraction of sp³-hybridized carbons (Fsp3) is 0.400. The van der Waals surface area contributed by atoms with Crippen LogP contribution < -0.4 is 5.32 Å². The maximum absolute atomic E-state index is 13.3. The third-order valence-corrected chi connectivity index (χ3v) is 2.59. The molecule has 0 saturated heterocycles. The molecular formula is C10H5ClF8N2O. The summed E-state index contributed by atoms with van der Waals surface area (Å²) in [6.07, 6.45) is 1.87. The minimum Gasteiger partial charge on any atom is -0.319 e. The van der Waals surface area contributed by atoms with E-state index in [1.165, 1.54) is 0 Å². The van der Waals surface area contributed by atoms with E-state index in [2.05, 4.69) is 16.6 Å². The van der Waals surface area contributed by atoms with E-state index in [0.29, 0.717) is 0 Å². The van der Waals surface area contributed by atoms with Crippen LogP contribution in [-0.2, 0) is 4.79 Å². The van der Waals surface area contributed by atoms with Gasteiger partial charge in [-0.05, 0) is 23.7 Å². The molecule has 124 valence electrons. The van der Waals surface area contributed by atoms with Crippen LogP contribution in [0.15, 0.2) is 24.5 Å². The van der Waals surface area contributed by atoms with Crippen molar-refractivity contribution in [1.29, 1.82) is 0 Å². The highest BCUT2D eigenvalue weighted by atomic mass is 35.5. The summed E-state index contributed by atoms with van der Waals surface area (Å²) in [5, 5.41) is -4.85. The first-order valence-corrected chi connectivity index (χ1v) is 5.54. The molecule has 1 aromatic rings. The fourth-order valence-corrected chi connectivity index (χ4v) is 1.28. The first-order valence-electron chi connectivity index (χ1n) is 5.17. The monoisotopic (exact) mass is 356 g/mol. The second-order valence-corrected chi connectivity index (χ2v) is 4.39. The average Bonchev–Trinajstić information content (AvgIpc) is 2.38. The van der Waals surface area contributed by atoms with Gasteiger partial charge in [-0.25, -0.2) is 0 Å². The number of amides is 1. The molecule has 1 rings (SSSR count). The van der Waals surface area contributed by atoms with Gasteiger partial charge in [-0.1, -0.05) is 0 Å². The second-order valence-electron chi connectivity index (χ2n) is 3.92. The van der Waals surface area contributed by atoms with Crippen molar-refractivity contribution in [3.05, 3.63) is 24.5 Å². The first-order chi connectivity index (χ1) is 9.75. The second kappa shape index (κ2) is 5.52. The van der Waals surface area contributed by atoms with Gasteiger partial charge in [-0.3, -0.25) is 9.78 Å². The number of carbonyl (C=O) groups is 1. The largest absolute Gasteiger partial charge is 0.393 e. The van der Waals surface area contributed by atoms with E-state index >= 15 is 0 Å². The Labute approximate surface area is 122 Å². The molecule has 0 aliphatic rings. The molecule has 3 nitrogen and oxygen atoms in total. The molecule has 0 unspecified atom stereocenters. The number of anilines is 1. The van der Waals surface area contributed by atoms with E-state index in [1.807, 2.05) is 0 Å². The van der Waals surface area contributed by atoms with Crippen LogP contribution in [0.25, 0.3) is 0 Å². The highest BCUT2D eigenvalue weighted by molar-refractivity contribution is 6.22. The molecule has 1 aromatic heterocycles. The Morgan fingerprint density at radius 1 is 1.05 bits per heavy atom. The van der Waals surface area contributed by atoms with Gasteiger partial charge in [0.1, 0.15) is 0 Å². The summed E-state index contributed by atoms with van der Waals surface area (Å²) in [5.74, 6) is -22.5. The third kappa shape index (κ3) is 2.94. The molecule has 0 aliphatic heterocycles. The number of aromatic nitrogens is 1. The van der Waals surface area contributed by atoms with Crippen LogP contribution in [0.2, 0.25) is 0 Å². The van der Waals surface area contributed by atoms with Crippen LogP contribution in [0.5, 0.6) is 0 Å². The number of rotatable bonds is 5. The summed E-state index contributed by atoms with van der Waals surface area (Å²) in [6, 6.07) is 2.03. The number of hydrogen-bond donors (Lipinski definition) is 1. The molecule has 0 saturated carbocycles. The van der Waals surface area contributed by atoms with Crippen molar-refractivity contribution in [2.24, 2.45) is 0 Å². The Morgan fingerprint density at radius 2 is 1.59 bits per heavy atom. The van der Waals surface area contributed by atoms with Crippen LogP contribution >= 0.6 is 11.6 Å². The predicted molar refractivity (Wildman–Crippen MR) is 58.5 cm³/mol. The number of hydrogen-bond acceptors (Lipinski definition) is 2. The standard InChI is InChI=1S/C10H5ClF8N2O/c11-10(18,19)9(16,17)8(14,15)7(12,13)6(22)21-5-2-1-3-20-4-5/h1-4H,(H,21,22). The topological polar surface area (TPSA) is 42.0 Å². The van der Waals surface area contributed by atoms with E-state index in [0.717, 1.165) is 29.8 Å². The summed E-state index contributed by atoms with van der Waals surface area (Å²) in [6.45, 7) is 0. The number of carbonyl (C=O) groups excluding carboxylic acids is 1. The maximum Gasteiger partial charge on any atom is 0.393 e. The molecule has 0 radical (unpaired) electrons. The van der Waals surface area contributed by atoms with Gasteiger partial charge in [-0.2, -0.15) is 35.1 Å². The minimum absolute atomic E-state index is 0.538. The van der Waals surface area contributed by atoms with Gasteiger partial charge in [0, 0.05) is 6.20 Å². The van der Waals surface area contributed by atoms with Gasteiger partial charge in [0.25, 0.3) is 0 Å². The molecule has 0 atom stereocenters. The number of nitrogens with zero attached hydrogens (tertiary/aromatic N) is 1. The summed E-state index contributed by atoms with van der Waals surface area (Å²) in [7, 11) is 0. The Morgan fingerprint density at radius 3 is 2.00 bits per heavy atom. The van der Waals surface area contributed by atoms with Crippen molar-refractivity contribution in [1.82, 2.24) is 4.98 Å². The van der Waals surface area contributed by atoms with Gasteiger partial charge in [0.2, 0.25) is 0 Å². The van der Waals surface area contributed by atoms with Crippen LogP contribution in [-0.4, -0.2) is 34.0 Å². The zero-order valence-corrected chi connectivity index (χ0v) is 10.8. The molecule has 0 spiro atoms. The molecule has 0 bridgehead atoms. The van der Waals surface area contributed by atoms with E-state index < -0.39 is 34.7 Å². The van der Waals surface area contributed by atoms with Gasteiger partial charge < -0.3 is 5.32 Å². The van der Waals surface area contributed by atoms with Crippen molar-refractivity contribution in [2.45, 2.75) is 23.1 Å². The van der Waals surface area contributed by atoms with E-state index in [-0.39, 0.29) is 0 Å². The van der Waals surface area contributed by atoms with Crippen LogP contribution in [0, 0.1) is 0 Å². The Balaban J connectivity index is 3.13. The summed E-state index contributed by atoms with van der Waals surface area (Å²) in [4.78, 5) is 14.4. The van der Waals surface area contributed by atoms with Gasteiger partial charge >= 0.3 is 29.1 Å². The lowest BCUT2D eigenvalue weighted by molar-refractivity contribution is -0.336. The van der Waals surface area contributed by atoms with Crippen LogP contribution in [0.4, 0.5) is 40.8 Å². The fourth-order valence-electron chi connectivity index (χ4n) is 1.16. The van der Waals surface area contributed by atoms with Crippen molar-refractivity contribution in [3.63, 3.8) is 0 Å². The summed E-state index contributed by atoms with van der Waals surface area (Å²) < 4.78 is 103. The molecule has 22 heavy (non-hydrogen) atoms.